The molecular formula is C13H14BrNO3. The summed E-state index contributed by atoms with van der Waals surface area (Å²) >= 11 is 3.36. The number of Topliss-reactive ketones (excluding diaryl/α,β-unsaturated/α-hetero) is 1. The first-order valence-electron chi connectivity index (χ1n) is 5.80. The highest BCUT2D eigenvalue weighted by Gasteiger charge is 2.35. The Labute approximate surface area is 114 Å². The van der Waals surface area contributed by atoms with Crippen LogP contribution in [-0.2, 0) is 9.53 Å². The number of carbonyl (C=O) groups excluding carboxylic acids is 2. The summed E-state index contributed by atoms with van der Waals surface area (Å²) in [6, 6.07) is 5.28. The Morgan fingerprint density at radius 2 is 2.06 bits per heavy atom. The Morgan fingerprint density at radius 1 is 1.28 bits per heavy atom. The van der Waals surface area contributed by atoms with Gasteiger partial charge < -0.3 is 9.64 Å². The quantitative estimate of drug-likeness (QED) is 0.619. The molecule has 0 atom stereocenters. The molecule has 18 heavy (non-hydrogen) atoms. The zero-order valence-corrected chi connectivity index (χ0v) is 11.7. The van der Waals surface area contributed by atoms with Gasteiger partial charge in [-0.05, 0) is 31.0 Å². The molecule has 0 N–H and O–H groups in total. The van der Waals surface area contributed by atoms with E-state index in [1.807, 2.05) is 6.07 Å². The lowest BCUT2D eigenvalue weighted by Gasteiger charge is -2.16. The predicted octanol–water partition coefficient (Wildman–Crippen LogP) is 2.41. The highest BCUT2D eigenvalue weighted by atomic mass is 79.9. The monoisotopic (exact) mass is 311 g/mol. The number of nitrogens with zero attached hydrogens (tertiary/aromatic N) is 1. The number of benzene rings is 1. The van der Waals surface area contributed by atoms with Gasteiger partial charge in [-0.15, -0.1) is 0 Å². The fourth-order valence-electron chi connectivity index (χ4n) is 2.01. The summed E-state index contributed by atoms with van der Waals surface area (Å²) in [5.74, 6) is -0.843. The van der Waals surface area contributed by atoms with Crippen LogP contribution in [0.1, 0.15) is 23.2 Å². The number of halogens is 1. The van der Waals surface area contributed by atoms with Gasteiger partial charge in [0.15, 0.2) is 0 Å². The van der Waals surface area contributed by atoms with E-state index in [1.54, 1.807) is 24.1 Å². The van der Waals surface area contributed by atoms with Gasteiger partial charge in [-0.25, -0.2) is 0 Å². The molecule has 1 amide bonds. The average molecular weight is 312 g/mol. The molecule has 0 aliphatic carbocycles. The molecule has 0 fully saturated rings. The number of rotatable bonds is 5. The normalized spacial score (nSPS) is 14.2. The zero-order chi connectivity index (χ0) is 13.1. The summed E-state index contributed by atoms with van der Waals surface area (Å²) in [6.45, 7) is 1.22. The molecule has 1 aliphatic rings. The van der Waals surface area contributed by atoms with Gasteiger partial charge in [0.05, 0.1) is 11.3 Å². The summed E-state index contributed by atoms with van der Waals surface area (Å²) in [5.41, 5.74) is 1.20. The van der Waals surface area contributed by atoms with Crippen molar-refractivity contribution < 1.29 is 14.3 Å². The predicted molar refractivity (Wildman–Crippen MR) is 71.9 cm³/mol. The van der Waals surface area contributed by atoms with Crippen LogP contribution in [0.3, 0.4) is 0 Å². The van der Waals surface area contributed by atoms with Gasteiger partial charge >= 0.3 is 0 Å². The lowest BCUT2D eigenvalue weighted by Crippen LogP contribution is -2.30. The van der Waals surface area contributed by atoms with Crippen LogP contribution in [0, 0.1) is 0 Å². The van der Waals surface area contributed by atoms with E-state index in [-0.39, 0.29) is 0 Å². The van der Waals surface area contributed by atoms with Crippen LogP contribution in [0.5, 0.6) is 0 Å². The molecule has 1 aliphatic heterocycles. The van der Waals surface area contributed by atoms with E-state index in [9.17, 15) is 9.59 Å². The number of hydrogen-bond donors (Lipinski definition) is 0. The fourth-order valence-corrected chi connectivity index (χ4v) is 2.35. The number of methoxy groups -OCH3 is 1. The van der Waals surface area contributed by atoms with Gasteiger partial charge in [0.25, 0.3) is 11.7 Å². The Kier molecular flexibility index (Phi) is 4.14. The number of ether oxygens (including phenoxy) is 1. The number of amides is 1. The highest BCUT2D eigenvalue weighted by Crippen LogP contribution is 2.31. The molecule has 0 aromatic heterocycles. The second-order valence-electron chi connectivity index (χ2n) is 4.15. The van der Waals surface area contributed by atoms with Gasteiger partial charge in [-0.2, -0.15) is 0 Å². The van der Waals surface area contributed by atoms with Crippen LogP contribution in [0.4, 0.5) is 5.69 Å². The molecule has 0 radical (unpaired) electrons. The van der Waals surface area contributed by atoms with E-state index in [0.717, 1.165) is 17.3 Å². The summed E-state index contributed by atoms with van der Waals surface area (Å²) in [6.07, 6.45) is 1.69. The molecule has 1 aromatic carbocycles. The van der Waals surface area contributed by atoms with E-state index in [1.165, 1.54) is 0 Å². The number of carbonyl (C=O) groups is 2. The molecule has 1 aromatic rings. The SMILES string of the molecule is COCCCCN1C(=O)C(=O)c2ccc(Br)cc21. The Bertz CT molecular complexity index is 487. The van der Waals surface area contributed by atoms with Crippen molar-refractivity contribution in [1.29, 1.82) is 0 Å². The number of anilines is 1. The number of hydrogen-bond acceptors (Lipinski definition) is 3. The molecule has 0 saturated heterocycles. The van der Waals surface area contributed by atoms with Gasteiger partial charge in [0.1, 0.15) is 0 Å². The molecule has 0 unspecified atom stereocenters. The maximum atomic E-state index is 11.9. The second-order valence-corrected chi connectivity index (χ2v) is 5.06. The first kappa shape index (κ1) is 13.2. The first-order valence-corrected chi connectivity index (χ1v) is 6.59. The molecule has 0 spiro atoms. The topological polar surface area (TPSA) is 46.6 Å². The van der Waals surface area contributed by atoms with E-state index in [4.69, 9.17) is 4.74 Å². The van der Waals surface area contributed by atoms with Crippen molar-refractivity contribution in [2.75, 3.05) is 25.2 Å². The molecule has 5 heteroatoms. The lowest BCUT2D eigenvalue weighted by molar-refractivity contribution is -0.114. The van der Waals surface area contributed by atoms with Crippen molar-refractivity contribution >= 4 is 33.3 Å². The number of ketones is 1. The molecule has 96 valence electrons. The van der Waals surface area contributed by atoms with Crippen molar-refractivity contribution in [1.82, 2.24) is 0 Å². The third kappa shape index (κ3) is 2.47. The Hall–Kier alpha value is -1.20. The standard InChI is InChI=1S/C13H14BrNO3/c1-18-7-3-2-6-15-11-8-9(14)4-5-10(11)12(16)13(15)17/h4-5,8H,2-3,6-7H2,1H3. The molecule has 0 saturated carbocycles. The largest absolute Gasteiger partial charge is 0.385 e. The zero-order valence-electron chi connectivity index (χ0n) is 10.1. The summed E-state index contributed by atoms with van der Waals surface area (Å²) in [5, 5.41) is 0. The highest BCUT2D eigenvalue weighted by molar-refractivity contribution is 9.10. The summed E-state index contributed by atoms with van der Waals surface area (Å²) in [7, 11) is 1.65. The summed E-state index contributed by atoms with van der Waals surface area (Å²) < 4.78 is 5.83. The Balaban J connectivity index is 2.14. The molecule has 2 rings (SSSR count). The van der Waals surface area contributed by atoms with Crippen LogP contribution in [0.15, 0.2) is 22.7 Å². The smallest absolute Gasteiger partial charge is 0.299 e. The minimum Gasteiger partial charge on any atom is -0.385 e. The third-order valence-corrected chi connectivity index (χ3v) is 3.41. The maximum Gasteiger partial charge on any atom is 0.299 e. The number of unbranched alkanes of at least 4 members (excludes halogenated alkanes) is 1. The van der Waals surface area contributed by atoms with E-state index in [2.05, 4.69) is 15.9 Å². The van der Waals surface area contributed by atoms with Crippen molar-refractivity contribution in [3.8, 4) is 0 Å². The van der Waals surface area contributed by atoms with Gasteiger partial charge in [0, 0.05) is 24.7 Å². The van der Waals surface area contributed by atoms with E-state index < -0.39 is 11.7 Å². The minimum atomic E-state index is -0.430. The van der Waals surface area contributed by atoms with Crippen LogP contribution >= 0.6 is 15.9 Å². The maximum absolute atomic E-state index is 11.9. The van der Waals surface area contributed by atoms with Crippen LogP contribution in [0.2, 0.25) is 0 Å². The lowest BCUT2D eigenvalue weighted by atomic mass is 10.1. The van der Waals surface area contributed by atoms with Gasteiger partial charge in [-0.3, -0.25) is 9.59 Å². The first-order chi connectivity index (χ1) is 8.65. The molecular weight excluding hydrogens is 298 g/mol. The molecule has 4 nitrogen and oxygen atoms in total. The van der Waals surface area contributed by atoms with Gasteiger partial charge in [-0.1, -0.05) is 15.9 Å². The molecule has 0 bridgehead atoms. The van der Waals surface area contributed by atoms with Crippen LogP contribution in [0.25, 0.3) is 0 Å². The van der Waals surface area contributed by atoms with Crippen molar-refractivity contribution in [2.24, 2.45) is 0 Å². The molecule has 1 heterocycles. The van der Waals surface area contributed by atoms with Crippen LogP contribution in [-0.4, -0.2) is 32.0 Å². The average Bonchev–Trinajstić information content (AvgIpc) is 2.59. The fraction of sp³-hybridized carbons (Fsp3) is 0.385. The van der Waals surface area contributed by atoms with Gasteiger partial charge in [0.2, 0.25) is 0 Å². The summed E-state index contributed by atoms with van der Waals surface area (Å²) in [4.78, 5) is 25.2. The van der Waals surface area contributed by atoms with E-state index in [0.29, 0.717) is 24.4 Å². The number of fused-ring (bicyclic) bond motifs is 1. The van der Waals surface area contributed by atoms with Crippen molar-refractivity contribution in [3.05, 3.63) is 28.2 Å². The van der Waals surface area contributed by atoms with Crippen molar-refractivity contribution in [2.45, 2.75) is 12.8 Å². The van der Waals surface area contributed by atoms with E-state index >= 15 is 0 Å². The van der Waals surface area contributed by atoms with Crippen LogP contribution < -0.4 is 4.90 Å². The third-order valence-electron chi connectivity index (χ3n) is 2.91. The minimum absolute atomic E-state index is 0.413. The van der Waals surface area contributed by atoms with Crippen molar-refractivity contribution in [3.63, 3.8) is 0 Å². The second kappa shape index (κ2) is 5.63. The Morgan fingerprint density at radius 3 is 2.78 bits per heavy atom.